The number of pyridine rings is 1. The molecule has 1 atom stereocenters. The summed E-state index contributed by atoms with van der Waals surface area (Å²) in [6.45, 7) is 6.14. The van der Waals surface area contributed by atoms with Crippen molar-refractivity contribution >= 4 is 22.8 Å². The third-order valence-corrected chi connectivity index (χ3v) is 6.13. The Morgan fingerprint density at radius 2 is 2.06 bits per heavy atom. The van der Waals surface area contributed by atoms with Crippen LogP contribution in [-0.4, -0.2) is 47.2 Å². The first-order valence-electron chi connectivity index (χ1n) is 11.4. The minimum Gasteiger partial charge on any atom is -0.493 e. The summed E-state index contributed by atoms with van der Waals surface area (Å²) in [6.07, 6.45) is 7.83. The number of anilines is 1. The number of amides is 2. The number of H-pyrrole nitrogens is 1. The second kappa shape index (κ2) is 9.94. The average Bonchev–Trinajstić information content (AvgIpc) is 3.29. The number of hydrogen-bond donors (Lipinski definition) is 1. The molecule has 2 aromatic heterocycles. The van der Waals surface area contributed by atoms with Crippen LogP contribution in [0, 0.1) is 0 Å². The molecule has 0 saturated carbocycles. The van der Waals surface area contributed by atoms with Crippen molar-refractivity contribution in [2.45, 2.75) is 52.1 Å². The van der Waals surface area contributed by atoms with Gasteiger partial charge in [-0.05, 0) is 49.6 Å². The van der Waals surface area contributed by atoms with Crippen LogP contribution in [0.3, 0.4) is 0 Å². The number of aromatic nitrogens is 2. The molecule has 1 N–H and O–H groups in total. The van der Waals surface area contributed by atoms with Gasteiger partial charge in [0.05, 0.1) is 13.7 Å². The number of nitrogens with one attached hydrogen (secondary N) is 1. The lowest BCUT2D eigenvalue weighted by Crippen LogP contribution is -2.53. The minimum absolute atomic E-state index is 0.00588. The van der Waals surface area contributed by atoms with Gasteiger partial charge in [-0.1, -0.05) is 19.8 Å². The molecule has 0 radical (unpaired) electrons. The van der Waals surface area contributed by atoms with Crippen LogP contribution in [0.4, 0.5) is 10.5 Å². The molecule has 170 valence electrons. The fourth-order valence-electron chi connectivity index (χ4n) is 4.19. The normalized spacial score (nSPS) is 16.6. The van der Waals surface area contributed by atoms with Crippen LogP contribution < -0.4 is 14.4 Å². The average molecular weight is 437 g/mol. The maximum absolute atomic E-state index is 13.5. The maximum atomic E-state index is 13.5. The number of ether oxygens (including phenoxy) is 2. The van der Waals surface area contributed by atoms with Gasteiger partial charge in [0.1, 0.15) is 5.65 Å². The van der Waals surface area contributed by atoms with E-state index in [-0.39, 0.29) is 12.1 Å². The highest BCUT2D eigenvalue weighted by atomic mass is 16.5. The molecule has 4 rings (SSSR count). The Kier molecular flexibility index (Phi) is 6.83. The molecule has 3 aromatic rings. The van der Waals surface area contributed by atoms with Crippen molar-refractivity contribution < 1.29 is 14.3 Å². The highest BCUT2D eigenvalue weighted by Gasteiger charge is 2.32. The molecular weight excluding hydrogens is 404 g/mol. The smallest absolute Gasteiger partial charge is 0.325 e. The second-order valence-electron chi connectivity index (χ2n) is 8.30. The van der Waals surface area contributed by atoms with Gasteiger partial charge in [-0.15, -0.1) is 0 Å². The van der Waals surface area contributed by atoms with E-state index in [9.17, 15) is 4.79 Å². The summed E-state index contributed by atoms with van der Waals surface area (Å²) in [5.41, 5.74) is 2.77. The number of urea groups is 1. The molecule has 0 aliphatic carbocycles. The minimum atomic E-state index is 0.00588. The maximum Gasteiger partial charge on any atom is 0.325 e. The predicted octanol–water partition coefficient (Wildman–Crippen LogP) is 5.36. The van der Waals surface area contributed by atoms with Crippen molar-refractivity contribution in [3.05, 3.63) is 48.3 Å². The fraction of sp³-hybridized carbons (Fsp3) is 0.440. The van der Waals surface area contributed by atoms with Crippen molar-refractivity contribution in [1.82, 2.24) is 14.9 Å². The lowest BCUT2D eigenvalue weighted by atomic mass is 10.1. The van der Waals surface area contributed by atoms with E-state index in [1.807, 2.05) is 46.3 Å². The van der Waals surface area contributed by atoms with Crippen LogP contribution in [0.2, 0.25) is 0 Å². The highest BCUT2D eigenvalue weighted by molar-refractivity contribution is 5.93. The summed E-state index contributed by atoms with van der Waals surface area (Å²) < 4.78 is 11.5. The Hall–Kier alpha value is -3.22. The summed E-state index contributed by atoms with van der Waals surface area (Å²) in [4.78, 5) is 24.8. The van der Waals surface area contributed by atoms with Crippen molar-refractivity contribution in [3.63, 3.8) is 0 Å². The molecule has 3 heterocycles. The van der Waals surface area contributed by atoms with E-state index in [1.165, 1.54) is 0 Å². The van der Waals surface area contributed by atoms with Crippen LogP contribution in [0.25, 0.3) is 11.0 Å². The Labute approximate surface area is 189 Å². The zero-order valence-electron chi connectivity index (χ0n) is 19.1. The number of fused-ring (bicyclic) bond motifs is 1. The Morgan fingerprint density at radius 1 is 1.19 bits per heavy atom. The highest BCUT2D eigenvalue weighted by Crippen LogP contribution is 2.34. The van der Waals surface area contributed by atoms with E-state index in [0.29, 0.717) is 31.2 Å². The molecule has 7 nitrogen and oxygen atoms in total. The number of carbonyl (C=O) groups excluding carboxylic acids is 1. The first kappa shape index (κ1) is 22.0. The molecule has 1 saturated heterocycles. The molecule has 2 amide bonds. The summed E-state index contributed by atoms with van der Waals surface area (Å²) in [7, 11) is 1.64. The van der Waals surface area contributed by atoms with Crippen LogP contribution in [-0.2, 0) is 6.54 Å². The van der Waals surface area contributed by atoms with Gasteiger partial charge in [-0.3, -0.25) is 4.90 Å². The van der Waals surface area contributed by atoms with Crippen LogP contribution in [0.1, 0.15) is 45.1 Å². The molecule has 1 aromatic carbocycles. The monoisotopic (exact) mass is 436 g/mol. The van der Waals surface area contributed by atoms with Gasteiger partial charge in [0.15, 0.2) is 11.5 Å². The number of carbonyl (C=O) groups is 1. The van der Waals surface area contributed by atoms with E-state index in [4.69, 9.17) is 9.47 Å². The van der Waals surface area contributed by atoms with Crippen LogP contribution >= 0.6 is 0 Å². The summed E-state index contributed by atoms with van der Waals surface area (Å²) in [5.74, 6) is 1.37. The van der Waals surface area contributed by atoms with Gasteiger partial charge in [0.25, 0.3) is 0 Å². The van der Waals surface area contributed by atoms with E-state index >= 15 is 0 Å². The number of hydrogen-bond acceptors (Lipinski definition) is 4. The number of aromatic amines is 1. The Balaban J connectivity index is 1.55. The molecular formula is C25H32N4O3. The topological polar surface area (TPSA) is 70.7 Å². The van der Waals surface area contributed by atoms with Gasteiger partial charge < -0.3 is 19.4 Å². The number of methoxy groups -OCH3 is 1. The van der Waals surface area contributed by atoms with Crippen molar-refractivity contribution in [2.24, 2.45) is 0 Å². The van der Waals surface area contributed by atoms with Crippen LogP contribution in [0.5, 0.6) is 11.5 Å². The molecule has 0 unspecified atom stereocenters. The van der Waals surface area contributed by atoms with Crippen LogP contribution in [0.15, 0.2) is 42.7 Å². The van der Waals surface area contributed by atoms with E-state index < -0.39 is 0 Å². The Morgan fingerprint density at radius 3 is 2.88 bits per heavy atom. The molecule has 1 aliphatic rings. The molecule has 1 fully saturated rings. The van der Waals surface area contributed by atoms with Gasteiger partial charge in [-0.2, -0.15) is 0 Å². The number of benzene rings is 1. The quantitative estimate of drug-likeness (QED) is 0.458. The molecule has 7 heteroatoms. The van der Waals surface area contributed by atoms with Gasteiger partial charge >= 0.3 is 6.03 Å². The summed E-state index contributed by atoms with van der Waals surface area (Å²) in [5, 5.41) is 1.05. The molecule has 0 bridgehead atoms. The number of unbranched alkanes of at least 4 members (excludes halogenated alkanes) is 2. The van der Waals surface area contributed by atoms with Crippen molar-refractivity contribution in [2.75, 3.05) is 25.2 Å². The zero-order valence-corrected chi connectivity index (χ0v) is 19.1. The molecule has 1 aliphatic heterocycles. The fourth-order valence-corrected chi connectivity index (χ4v) is 4.19. The van der Waals surface area contributed by atoms with E-state index in [2.05, 4.69) is 23.8 Å². The first-order valence-corrected chi connectivity index (χ1v) is 11.4. The third-order valence-electron chi connectivity index (χ3n) is 6.13. The summed E-state index contributed by atoms with van der Waals surface area (Å²) >= 11 is 0. The zero-order chi connectivity index (χ0) is 22.5. The summed E-state index contributed by atoms with van der Waals surface area (Å²) in [6, 6.07) is 9.90. The molecule has 0 spiro atoms. The lowest BCUT2D eigenvalue weighted by molar-refractivity contribution is 0.166. The SMILES string of the molecule is CCCCCOc1cc(N2CC[C@@H](C)N(Cc3ccnc4[nH]ccc34)C2=O)ccc1OC. The van der Waals surface area contributed by atoms with E-state index in [0.717, 1.165) is 48.0 Å². The predicted molar refractivity (Wildman–Crippen MR) is 126 cm³/mol. The standard InChI is InChI=1S/C25H32N4O3/c1-4-5-6-15-32-23-16-20(7-8-22(23)31-3)28-14-11-18(2)29(25(28)30)17-19-9-12-26-24-21(19)10-13-27-24/h7-10,12-13,16,18H,4-6,11,14-15,17H2,1-3H3,(H,26,27)/t18-/m1/s1. The first-order chi connectivity index (χ1) is 15.6. The van der Waals surface area contributed by atoms with Gasteiger partial charge in [-0.25, -0.2) is 9.78 Å². The Bertz CT molecular complexity index is 1060. The number of rotatable bonds is 9. The molecule has 32 heavy (non-hydrogen) atoms. The van der Waals surface area contributed by atoms with Crippen molar-refractivity contribution in [3.8, 4) is 11.5 Å². The van der Waals surface area contributed by atoms with E-state index in [1.54, 1.807) is 13.3 Å². The van der Waals surface area contributed by atoms with Crippen molar-refractivity contribution in [1.29, 1.82) is 0 Å². The van der Waals surface area contributed by atoms with Gasteiger partial charge in [0, 0.05) is 48.7 Å². The largest absolute Gasteiger partial charge is 0.493 e. The third kappa shape index (κ3) is 4.52. The van der Waals surface area contributed by atoms with Gasteiger partial charge in [0.2, 0.25) is 0 Å². The second-order valence-corrected chi connectivity index (χ2v) is 8.30. The number of nitrogens with zero attached hydrogens (tertiary/aromatic N) is 3. The lowest BCUT2D eigenvalue weighted by Gasteiger charge is -2.40.